The largest absolute Gasteiger partial charge is 0.388 e. The Kier molecular flexibility index (Phi) is 5.81. The number of aliphatic hydroxyl groups is 1. The summed E-state index contributed by atoms with van der Waals surface area (Å²) in [6.07, 6.45) is 2.57. The Labute approximate surface area is 111 Å². The molecule has 1 aromatic rings. The lowest BCUT2D eigenvalue weighted by molar-refractivity contribution is 0.140. The maximum atomic E-state index is 10.2. The summed E-state index contributed by atoms with van der Waals surface area (Å²) in [7, 11) is 0. The minimum absolute atomic E-state index is 0.432. The predicted octanol–water partition coefficient (Wildman–Crippen LogP) is 4.96. The van der Waals surface area contributed by atoms with Gasteiger partial charge in [0.15, 0.2) is 0 Å². The summed E-state index contributed by atoms with van der Waals surface area (Å²) in [5.41, 5.74) is 0.888. The van der Waals surface area contributed by atoms with Crippen molar-refractivity contribution in [2.45, 2.75) is 39.2 Å². The molecule has 1 aromatic carbocycles. The summed E-state index contributed by atoms with van der Waals surface area (Å²) < 4.78 is 0.926. The van der Waals surface area contributed by atoms with Crippen molar-refractivity contribution in [3.8, 4) is 0 Å². The first kappa shape index (κ1) is 14.0. The highest BCUT2D eigenvalue weighted by molar-refractivity contribution is 9.10. The fourth-order valence-electron chi connectivity index (χ4n) is 1.83. The highest BCUT2D eigenvalue weighted by Gasteiger charge is 2.16. The van der Waals surface area contributed by atoms with E-state index in [1.807, 2.05) is 18.2 Å². The summed E-state index contributed by atoms with van der Waals surface area (Å²) >= 11 is 9.38. The number of hydrogen-bond donors (Lipinski definition) is 1. The van der Waals surface area contributed by atoms with Gasteiger partial charge in [-0.05, 0) is 36.1 Å². The zero-order valence-corrected chi connectivity index (χ0v) is 12.1. The van der Waals surface area contributed by atoms with E-state index in [2.05, 4.69) is 29.8 Å². The normalized spacial score (nSPS) is 13.1. The zero-order valence-electron chi connectivity index (χ0n) is 9.71. The van der Waals surface area contributed by atoms with Gasteiger partial charge in [-0.1, -0.05) is 54.2 Å². The second kappa shape index (κ2) is 6.63. The third-order valence-corrected chi connectivity index (χ3v) is 3.99. The molecule has 0 saturated heterocycles. The van der Waals surface area contributed by atoms with Crippen molar-refractivity contribution in [2.75, 3.05) is 0 Å². The van der Waals surface area contributed by atoms with Gasteiger partial charge in [0.05, 0.1) is 6.10 Å². The Bertz CT molecular complexity index is 337. The lowest BCUT2D eigenvalue weighted by Gasteiger charge is -2.18. The van der Waals surface area contributed by atoms with Gasteiger partial charge in [-0.3, -0.25) is 0 Å². The molecule has 3 heteroatoms. The maximum Gasteiger partial charge on any atom is 0.0804 e. The van der Waals surface area contributed by atoms with Crippen LogP contribution in [0.25, 0.3) is 0 Å². The monoisotopic (exact) mass is 304 g/mol. The maximum absolute atomic E-state index is 10.2. The van der Waals surface area contributed by atoms with Crippen LogP contribution in [0.2, 0.25) is 5.02 Å². The summed E-state index contributed by atoms with van der Waals surface area (Å²) in [5.74, 6) is 0.570. The second-order valence-electron chi connectivity index (χ2n) is 4.10. The van der Waals surface area contributed by atoms with E-state index in [1.54, 1.807) is 0 Å². The molecule has 0 saturated carbocycles. The van der Waals surface area contributed by atoms with E-state index in [0.717, 1.165) is 29.3 Å². The van der Waals surface area contributed by atoms with Gasteiger partial charge in [0.1, 0.15) is 0 Å². The summed E-state index contributed by atoms with van der Waals surface area (Å²) in [5, 5.41) is 10.8. The Morgan fingerprint density at radius 3 is 2.50 bits per heavy atom. The molecule has 1 N–H and O–H groups in total. The molecule has 1 rings (SSSR count). The van der Waals surface area contributed by atoms with Crippen molar-refractivity contribution in [3.63, 3.8) is 0 Å². The molecule has 90 valence electrons. The topological polar surface area (TPSA) is 20.2 Å². The SMILES string of the molecule is CCC(CC)CC(O)c1cc(Cl)ccc1Br. The molecule has 0 aromatic heterocycles. The zero-order chi connectivity index (χ0) is 12.1. The standard InChI is InChI=1S/C13H18BrClO/c1-3-9(4-2)7-13(16)11-8-10(15)5-6-12(11)14/h5-6,8-9,13,16H,3-4,7H2,1-2H3. The van der Waals surface area contributed by atoms with Gasteiger partial charge >= 0.3 is 0 Å². The summed E-state index contributed by atoms with van der Waals surface area (Å²) in [4.78, 5) is 0. The number of aliphatic hydroxyl groups excluding tert-OH is 1. The average Bonchev–Trinajstić information content (AvgIpc) is 2.28. The van der Waals surface area contributed by atoms with Crippen LogP contribution < -0.4 is 0 Å². The fourth-order valence-corrected chi connectivity index (χ4v) is 2.53. The molecule has 0 aliphatic carbocycles. The van der Waals surface area contributed by atoms with Crippen LogP contribution in [0.1, 0.15) is 44.8 Å². The first-order chi connectivity index (χ1) is 7.58. The van der Waals surface area contributed by atoms with Crippen molar-refractivity contribution in [1.29, 1.82) is 0 Å². The smallest absolute Gasteiger partial charge is 0.0804 e. The van der Waals surface area contributed by atoms with Crippen LogP contribution in [-0.2, 0) is 0 Å². The van der Waals surface area contributed by atoms with Crippen LogP contribution >= 0.6 is 27.5 Å². The van der Waals surface area contributed by atoms with E-state index in [0.29, 0.717) is 10.9 Å². The van der Waals surface area contributed by atoms with E-state index >= 15 is 0 Å². The van der Waals surface area contributed by atoms with Crippen molar-refractivity contribution < 1.29 is 5.11 Å². The lowest BCUT2D eigenvalue weighted by Crippen LogP contribution is -2.06. The summed E-state index contributed by atoms with van der Waals surface area (Å²) in [6.45, 7) is 4.32. The Morgan fingerprint density at radius 2 is 1.94 bits per heavy atom. The van der Waals surface area contributed by atoms with E-state index in [1.165, 1.54) is 0 Å². The number of rotatable bonds is 5. The van der Waals surface area contributed by atoms with Gasteiger partial charge in [-0.15, -0.1) is 0 Å². The molecule has 1 nitrogen and oxygen atoms in total. The molecule has 0 heterocycles. The van der Waals surface area contributed by atoms with Crippen molar-refractivity contribution in [2.24, 2.45) is 5.92 Å². The molecule has 0 aliphatic heterocycles. The second-order valence-corrected chi connectivity index (χ2v) is 5.39. The minimum Gasteiger partial charge on any atom is -0.388 e. The van der Waals surface area contributed by atoms with E-state index in [9.17, 15) is 5.11 Å². The first-order valence-corrected chi connectivity index (χ1v) is 6.88. The minimum atomic E-state index is -0.432. The van der Waals surface area contributed by atoms with E-state index < -0.39 is 6.10 Å². The van der Waals surface area contributed by atoms with Gasteiger partial charge < -0.3 is 5.11 Å². The Hall–Kier alpha value is -0.0500. The lowest BCUT2D eigenvalue weighted by atomic mass is 9.93. The van der Waals surface area contributed by atoms with Gasteiger partial charge in [0, 0.05) is 9.50 Å². The molecule has 0 aliphatic rings. The van der Waals surface area contributed by atoms with Crippen LogP contribution in [0, 0.1) is 5.92 Å². The fraction of sp³-hybridized carbons (Fsp3) is 0.538. The number of hydrogen-bond acceptors (Lipinski definition) is 1. The highest BCUT2D eigenvalue weighted by atomic mass is 79.9. The van der Waals surface area contributed by atoms with Gasteiger partial charge in [-0.25, -0.2) is 0 Å². The van der Waals surface area contributed by atoms with Crippen LogP contribution in [-0.4, -0.2) is 5.11 Å². The Balaban J connectivity index is 2.79. The third-order valence-electron chi connectivity index (χ3n) is 3.03. The van der Waals surface area contributed by atoms with Crippen LogP contribution in [0.4, 0.5) is 0 Å². The van der Waals surface area contributed by atoms with Gasteiger partial charge in [-0.2, -0.15) is 0 Å². The molecule has 0 fully saturated rings. The van der Waals surface area contributed by atoms with Gasteiger partial charge in [0.25, 0.3) is 0 Å². The third kappa shape index (κ3) is 3.76. The van der Waals surface area contributed by atoms with Crippen molar-refractivity contribution >= 4 is 27.5 Å². The molecular weight excluding hydrogens is 287 g/mol. The quantitative estimate of drug-likeness (QED) is 0.815. The van der Waals surface area contributed by atoms with E-state index in [4.69, 9.17) is 11.6 Å². The van der Waals surface area contributed by atoms with Crippen molar-refractivity contribution in [1.82, 2.24) is 0 Å². The van der Waals surface area contributed by atoms with Crippen LogP contribution in [0.15, 0.2) is 22.7 Å². The van der Waals surface area contributed by atoms with Crippen LogP contribution in [0.3, 0.4) is 0 Å². The van der Waals surface area contributed by atoms with Gasteiger partial charge in [0.2, 0.25) is 0 Å². The molecule has 0 radical (unpaired) electrons. The molecule has 16 heavy (non-hydrogen) atoms. The number of benzene rings is 1. The molecule has 0 amide bonds. The highest BCUT2D eigenvalue weighted by Crippen LogP contribution is 2.31. The molecule has 1 unspecified atom stereocenters. The summed E-state index contributed by atoms with van der Waals surface area (Å²) in [6, 6.07) is 5.53. The molecule has 0 bridgehead atoms. The predicted molar refractivity (Wildman–Crippen MR) is 72.8 cm³/mol. The first-order valence-electron chi connectivity index (χ1n) is 5.71. The average molecular weight is 306 g/mol. The molecule has 0 spiro atoms. The molecule has 1 atom stereocenters. The van der Waals surface area contributed by atoms with Crippen molar-refractivity contribution in [3.05, 3.63) is 33.3 Å². The van der Waals surface area contributed by atoms with E-state index in [-0.39, 0.29) is 0 Å². The van der Waals surface area contributed by atoms with Crippen LogP contribution in [0.5, 0.6) is 0 Å². The number of halogens is 2. The Morgan fingerprint density at radius 1 is 1.31 bits per heavy atom. The molecular formula is C13H18BrClO.